The highest BCUT2D eigenvalue weighted by molar-refractivity contribution is 6.31. The second-order valence-corrected chi connectivity index (χ2v) is 4.32. The highest BCUT2D eigenvalue weighted by atomic mass is 35.5. The Bertz CT molecular complexity index is 514. The van der Waals surface area contributed by atoms with Gasteiger partial charge in [0, 0.05) is 12.4 Å². The number of nitrogens with zero attached hydrogens (tertiary/aromatic N) is 1. The summed E-state index contributed by atoms with van der Waals surface area (Å²) in [6, 6.07) is 9.91. The normalized spacial score (nSPS) is 12.4. The predicted octanol–water partition coefficient (Wildman–Crippen LogP) is 2.60. The molecule has 3 N–H and O–H groups in total. The van der Waals surface area contributed by atoms with E-state index in [2.05, 4.69) is 16.5 Å². The Morgan fingerprint density at radius 2 is 2.18 bits per heavy atom. The van der Waals surface area contributed by atoms with E-state index in [1.165, 1.54) is 5.56 Å². The van der Waals surface area contributed by atoms with Gasteiger partial charge >= 0.3 is 0 Å². The molecule has 17 heavy (non-hydrogen) atoms. The topological polar surface area (TPSA) is 50.9 Å². The molecule has 0 saturated carbocycles. The maximum absolute atomic E-state index is 6.13. The summed E-state index contributed by atoms with van der Waals surface area (Å²) < 4.78 is 0. The smallest absolute Gasteiger partial charge is 0.0725 e. The molecule has 1 heterocycles. The van der Waals surface area contributed by atoms with Gasteiger partial charge in [-0.3, -0.25) is 10.8 Å². The van der Waals surface area contributed by atoms with E-state index in [0.29, 0.717) is 5.02 Å². The number of hydrogen-bond donors (Lipinski definition) is 2. The molecule has 0 fully saturated rings. The monoisotopic (exact) mass is 247 g/mol. The van der Waals surface area contributed by atoms with E-state index in [-0.39, 0.29) is 6.04 Å². The highest BCUT2D eigenvalue weighted by Gasteiger charge is 2.15. The molecule has 0 spiro atoms. The number of aryl methyl sites for hydroxylation is 1. The zero-order chi connectivity index (χ0) is 12.3. The first-order valence-electron chi connectivity index (χ1n) is 5.34. The van der Waals surface area contributed by atoms with E-state index in [1.807, 2.05) is 31.2 Å². The maximum Gasteiger partial charge on any atom is 0.0725 e. The Hall–Kier alpha value is -1.42. The zero-order valence-electron chi connectivity index (χ0n) is 9.52. The van der Waals surface area contributed by atoms with E-state index in [4.69, 9.17) is 17.4 Å². The van der Waals surface area contributed by atoms with Crippen molar-refractivity contribution in [3.05, 3.63) is 64.4 Å². The molecule has 0 aliphatic rings. The summed E-state index contributed by atoms with van der Waals surface area (Å²) in [7, 11) is 0. The lowest BCUT2D eigenvalue weighted by molar-refractivity contribution is 0.636. The number of benzene rings is 1. The van der Waals surface area contributed by atoms with Gasteiger partial charge in [0.2, 0.25) is 0 Å². The van der Waals surface area contributed by atoms with Crippen LogP contribution in [0.15, 0.2) is 42.7 Å². The Labute approximate surface area is 106 Å². The van der Waals surface area contributed by atoms with Crippen LogP contribution in [0.25, 0.3) is 0 Å². The first kappa shape index (κ1) is 12.0. The number of nitrogens with one attached hydrogen (secondary N) is 1. The van der Waals surface area contributed by atoms with Gasteiger partial charge in [-0.05, 0) is 24.1 Å². The maximum atomic E-state index is 6.13. The van der Waals surface area contributed by atoms with Crippen LogP contribution in [0.1, 0.15) is 22.7 Å². The summed E-state index contributed by atoms with van der Waals surface area (Å²) in [5.74, 6) is 5.63. The molecule has 1 aromatic heterocycles. The molecule has 0 bridgehead atoms. The fourth-order valence-electron chi connectivity index (χ4n) is 1.84. The molecular weight excluding hydrogens is 234 g/mol. The number of hydrogen-bond acceptors (Lipinski definition) is 3. The third kappa shape index (κ3) is 2.64. The van der Waals surface area contributed by atoms with Gasteiger partial charge in [0.05, 0.1) is 11.1 Å². The van der Waals surface area contributed by atoms with Gasteiger partial charge in [-0.1, -0.05) is 41.4 Å². The fraction of sp³-hybridized carbons (Fsp3) is 0.154. The van der Waals surface area contributed by atoms with Crippen LogP contribution in [0.3, 0.4) is 0 Å². The summed E-state index contributed by atoms with van der Waals surface area (Å²) >= 11 is 6.13. The minimum absolute atomic E-state index is 0.120. The molecule has 88 valence electrons. The van der Waals surface area contributed by atoms with Gasteiger partial charge in [-0.25, -0.2) is 5.43 Å². The van der Waals surface area contributed by atoms with Crippen LogP contribution < -0.4 is 11.3 Å². The third-order valence-electron chi connectivity index (χ3n) is 2.66. The molecule has 1 atom stereocenters. The van der Waals surface area contributed by atoms with Crippen molar-refractivity contribution in [2.75, 3.05) is 0 Å². The second-order valence-electron chi connectivity index (χ2n) is 3.91. The largest absolute Gasteiger partial charge is 0.271 e. The van der Waals surface area contributed by atoms with Crippen molar-refractivity contribution in [3.8, 4) is 0 Å². The van der Waals surface area contributed by atoms with E-state index in [0.717, 1.165) is 11.1 Å². The predicted molar refractivity (Wildman–Crippen MR) is 69.6 cm³/mol. The summed E-state index contributed by atoms with van der Waals surface area (Å²) in [6.45, 7) is 2.05. The van der Waals surface area contributed by atoms with Crippen molar-refractivity contribution < 1.29 is 0 Å². The first-order valence-corrected chi connectivity index (χ1v) is 5.72. The Balaban J connectivity index is 2.44. The highest BCUT2D eigenvalue weighted by Crippen LogP contribution is 2.27. The summed E-state index contributed by atoms with van der Waals surface area (Å²) in [4.78, 5) is 3.97. The molecule has 1 aromatic carbocycles. The van der Waals surface area contributed by atoms with Crippen LogP contribution >= 0.6 is 11.6 Å². The second kappa shape index (κ2) is 5.27. The van der Waals surface area contributed by atoms with Gasteiger partial charge < -0.3 is 0 Å². The lowest BCUT2D eigenvalue weighted by Gasteiger charge is -2.18. The van der Waals surface area contributed by atoms with Gasteiger partial charge in [-0.2, -0.15) is 0 Å². The minimum atomic E-state index is -0.120. The average molecular weight is 248 g/mol. The number of hydrazine groups is 1. The van der Waals surface area contributed by atoms with Crippen LogP contribution in [-0.4, -0.2) is 4.98 Å². The first-order chi connectivity index (χ1) is 8.22. The molecule has 2 rings (SSSR count). The van der Waals surface area contributed by atoms with Crippen LogP contribution in [0.2, 0.25) is 5.02 Å². The SMILES string of the molecule is Cc1cccc(C(NN)c2ccncc2Cl)c1. The molecule has 0 saturated heterocycles. The van der Waals surface area contributed by atoms with Crippen LogP contribution in [-0.2, 0) is 0 Å². The zero-order valence-corrected chi connectivity index (χ0v) is 10.3. The molecule has 3 nitrogen and oxygen atoms in total. The number of rotatable bonds is 3. The molecule has 0 amide bonds. The van der Waals surface area contributed by atoms with Crippen molar-refractivity contribution in [1.29, 1.82) is 0 Å². The molecular formula is C13H14ClN3. The molecule has 2 aromatic rings. The summed E-state index contributed by atoms with van der Waals surface area (Å²) in [5.41, 5.74) is 5.99. The van der Waals surface area contributed by atoms with Crippen molar-refractivity contribution in [3.63, 3.8) is 0 Å². The summed E-state index contributed by atoms with van der Waals surface area (Å²) in [6.07, 6.45) is 3.33. The Morgan fingerprint density at radius 1 is 1.35 bits per heavy atom. The standard InChI is InChI=1S/C13H14ClN3/c1-9-3-2-4-10(7-9)13(17-15)11-5-6-16-8-12(11)14/h2-8,13,17H,15H2,1H3. The summed E-state index contributed by atoms with van der Waals surface area (Å²) in [5, 5.41) is 0.608. The van der Waals surface area contributed by atoms with E-state index in [1.54, 1.807) is 12.4 Å². The quantitative estimate of drug-likeness (QED) is 0.648. The third-order valence-corrected chi connectivity index (χ3v) is 2.97. The number of nitrogens with two attached hydrogens (primary N) is 1. The minimum Gasteiger partial charge on any atom is -0.271 e. The van der Waals surface area contributed by atoms with Crippen molar-refractivity contribution in [2.45, 2.75) is 13.0 Å². The van der Waals surface area contributed by atoms with E-state index < -0.39 is 0 Å². The average Bonchev–Trinajstić information content (AvgIpc) is 2.33. The number of pyridine rings is 1. The van der Waals surface area contributed by atoms with E-state index in [9.17, 15) is 0 Å². The van der Waals surface area contributed by atoms with Crippen molar-refractivity contribution >= 4 is 11.6 Å². The van der Waals surface area contributed by atoms with Crippen LogP contribution in [0, 0.1) is 6.92 Å². The van der Waals surface area contributed by atoms with Crippen molar-refractivity contribution in [2.24, 2.45) is 5.84 Å². The molecule has 0 radical (unpaired) electrons. The fourth-order valence-corrected chi connectivity index (χ4v) is 2.06. The van der Waals surface area contributed by atoms with E-state index >= 15 is 0 Å². The molecule has 0 aliphatic heterocycles. The van der Waals surface area contributed by atoms with Gasteiger partial charge in [0.15, 0.2) is 0 Å². The van der Waals surface area contributed by atoms with Crippen LogP contribution in [0.5, 0.6) is 0 Å². The van der Waals surface area contributed by atoms with Gasteiger partial charge in [-0.15, -0.1) is 0 Å². The molecule has 1 unspecified atom stereocenters. The Morgan fingerprint density at radius 3 is 2.82 bits per heavy atom. The van der Waals surface area contributed by atoms with Crippen molar-refractivity contribution in [1.82, 2.24) is 10.4 Å². The van der Waals surface area contributed by atoms with Crippen LogP contribution in [0.4, 0.5) is 0 Å². The molecule has 0 aliphatic carbocycles. The number of aromatic nitrogens is 1. The lowest BCUT2D eigenvalue weighted by Crippen LogP contribution is -2.29. The lowest BCUT2D eigenvalue weighted by atomic mass is 9.99. The number of halogens is 1. The molecule has 4 heteroatoms. The van der Waals surface area contributed by atoms with Gasteiger partial charge in [0.1, 0.15) is 0 Å². The van der Waals surface area contributed by atoms with Gasteiger partial charge in [0.25, 0.3) is 0 Å². The Kier molecular flexibility index (Phi) is 3.74.